The zero-order valence-electron chi connectivity index (χ0n) is 34.2. The molecule has 6 heteroatoms. The van der Waals surface area contributed by atoms with Crippen molar-refractivity contribution in [3.8, 4) is 0 Å². The summed E-state index contributed by atoms with van der Waals surface area (Å²) in [7, 11) is 0. The van der Waals surface area contributed by atoms with Crippen molar-refractivity contribution in [2.75, 3.05) is 13.2 Å². The molecular formula is C43H80O6. The van der Waals surface area contributed by atoms with Gasteiger partial charge in [-0.05, 0) is 98.7 Å². The maximum Gasteiger partial charge on any atom is 0.161 e. The molecule has 288 valence electrons. The standard InChI is InChI=1S/C43H80O6/c1-14-21-45-39(40(26(5)6)27(7)8)25-33-23-34(15-2)35(24-33)36(44)20-18-19-22-46-42-32(13)30(11)41(38(17-4)48-42)49-43-31(12)28(9)29(10)37(16-3)47-43/h26-35,37-43H,14-25H2,1-13H3/t28?,29?,30?,31?,32?,33-,34+,35?,37?,38?,39?,41?,42?,43?/m0/s1. The van der Waals surface area contributed by atoms with Gasteiger partial charge >= 0.3 is 0 Å². The molecule has 3 rings (SSSR count). The smallest absolute Gasteiger partial charge is 0.161 e. The molecule has 1 saturated carbocycles. The molecule has 0 aromatic carbocycles. The van der Waals surface area contributed by atoms with Gasteiger partial charge in [-0.25, -0.2) is 0 Å². The molecule has 0 N–H and O–H groups in total. The highest BCUT2D eigenvalue weighted by atomic mass is 16.7. The molecule has 2 heterocycles. The molecular weight excluding hydrogens is 612 g/mol. The van der Waals surface area contributed by atoms with Crippen molar-refractivity contribution >= 4 is 5.78 Å². The molecule has 49 heavy (non-hydrogen) atoms. The number of rotatable bonds is 20. The second-order valence-electron chi connectivity index (χ2n) is 17.4. The number of ether oxygens (including phenoxy) is 5. The van der Waals surface area contributed by atoms with Crippen molar-refractivity contribution in [2.24, 2.45) is 65.1 Å². The average Bonchev–Trinajstić information content (AvgIpc) is 3.48. The fourth-order valence-corrected chi connectivity index (χ4v) is 9.88. The SMILES string of the molecule is CCCOC(C[C@@H]1CC(C(=O)CCCCOC2OC(CC)C(OC3OC(CC)C(C)C(C)C3C)C(C)C2C)[C@H](CC)C1)C(C(C)C)C(C)C. The Balaban J connectivity index is 1.47. The largest absolute Gasteiger partial charge is 0.378 e. The first-order chi connectivity index (χ1) is 23.3. The molecule has 0 spiro atoms. The van der Waals surface area contributed by atoms with E-state index in [4.69, 9.17) is 23.7 Å². The van der Waals surface area contributed by atoms with Crippen LogP contribution in [0.2, 0.25) is 0 Å². The van der Waals surface area contributed by atoms with Crippen LogP contribution < -0.4 is 0 Å². The third-order valence-corrected chi connectivity index (χ3v) is 13.4. The first-order valence-corrected chi connectivity index (χ1v) is 21.0. The third-order valence-electron chi connectivity index (χ3n) is 13.4. The molecule has 2 aliphatic heterocycles. The predicted molar refractivity (Wildman–Crippen MR) is 201 cm³/mol. The van der Waals surface area contributed by atoms with Crippen LogP contribution >= 0.6 is 0 Å². The maximum atomic E-state index is 13.6. The molecule has 1 aliphatic carbocycles. The lowest BCUT2D eigenvalue weighted by Gasteiger charge is -2.49. The topological polar surface area (TPSA) is 63.2 Å². The molecule has 0 aromatic rings. The Morgan fingerprint density at radius 2 is 1.35 bits per heavy atom. The second kappa shape index (κ2) is 20.6. The lowest BCUT2D eigenvalue weighted by atomic mass is 9.77. The van der Waals surface area contributed by atoms with E-state index in [9.17, 15) is 4.79 Å². The molecule has 14 atom stereocenters. The Kier molecular flexibility index (Phi) is 18.1. The highest BCUT2D eigenvalue weighted by Crippen LogP contribution is 2.44. The summed E-state index contributed by atoms with van der Waals surface area (Å²) in [5.74, 6) is 5.46. The summed E-state index contributed by atoms with van der Waals surface area (Å²) >= 11 is 0. The average molecular weight is 693 g/mol. The molecule has 6 nitrogen and oxygen atoms in total. The first-order valence-electron chi connectivity index (χ1n) is 21.0. The van der Waals surface area contributed by atoms with E-state index < -0.39 is 0 Å². The molecule has 3 fully saturated rings. The quantitative estimate of drug-likeness (QED) is 0.118. The molecule has 0 radical (unpaired) electrons. The van der Waals surface area contributed by atoms with Crippen molar-refractivity contribution in [3.05, 3.63) is 0 Å². The lowest BCUT2D eigenvalue weighted by Crippen LogP contribution is -2.55. The van der Waals surface area contributed by atoms with Crippen molar-refractivity contribution < 1.29 is 28.5 Å². The van der Waals surface area contributed by atoms with Crippen LogP contribution in [-0.4, -0.2) is 56.0 Å². The number of hydrogen-bond donors (Lipinski definition) is 0. The summed E-state index contributed by atoms with van der Waals surface area (Å²) in [6.07, 6.45) is 9.83. The number of hydrogen-bond acceptors (Lipinski definition) is 6. The van der Waals surface area contributed by atoms with E-state index in [-0.39, 0.29) is 42.7 Å². The van der Waals surface area contributed by atoms with E-state index in [0.717, 1.165) is 58.0 Å². The van der Waals surface area contributed by atoms with Crippen LogP contribution in [0.5, 0.6) is 0 Å². The van der Waals surface area contributed by atoms with Gasteiger partial charge in [0.05, 0.1) is 24.4 Å². The van der Waals surface area contributed by atoms with E-state index in [2.05, 4.69) is 90.0 Å². The molecule has 0 aromatic heterocycles. The van der Waals surface area contributed by atoms with E-state index in [1.54, 1.807) is 0 Å². The van der Waals surface area contributed by atoms with Crippen molar-refractivity contribution in [1.29, 1.82) is 0 Å². The summed E-state index contributed by atoms with van der Waals surface area (Å²) in [6.45, 7) is 31.2. The highest BCUT2D eigenvalue weighted by molar-refractivity contribution is 5.81. The van der Waals surface area contributed by atoms with Gasteiger partial charge in [-0.2, -0.15) is 0 Å². The van der Waals surface area contributed by atoms with Gasteiger partial charge in [0, 0.05) is 37.4 Å². The highest BCUT2D eigenvalue weighted by Gasteiger charge is 2.46. The van der Waals surface area contributed by atoms with E-state index in [1.807, 2.05) is 0 Å². The summed E-state index contributed by atoms with van der Waals surface area (Å²) < 4.78 is 32.8. The van der Waals surface area contributed by atoms with Gasteiger partial charge in [-0.15, -0.1) is 0 Å². The van der Waals surface area contributed by atoms with Crippen LogP contribution in [0.1, 0.15) is 154 Å². The number of unbranched alkanes of at least 4 members (excludes halogenated alkanes) is 1. The Morgan fingerprint density at radius 3 is 1.94 bits per heavy atom. The monoisotopic (exact) mass is 693 g/mol. The van der Waals surface area contributed by atoms with Gasteiger partial charge in [0.2, 0.25) is 0 Å². The Labute approximate surface area is 303 Å². The first kappa shape index (κ1) is 42.9. The minimum Gasteiger partial charge on any atom is -0.378 e. The Morgan fingerprint density at radius 1 is 0.714 bits per heavy atom. The fraction of sp³-hybridized carbons (Fsp3) is 0.977. The zero-order chi connectivity index (χ0) is 36.4. The summed E-state index contributed by atoms with van der Waals surface area (Å²) in [6, 6.07) is 0. The molecule has 12 unspecified atom stereocenters. The van der Waals surface area contributed by atoms with Gasteiger partial charge in [0.15, 0.2) is 12.6 Å². The minimum absolute atomic E-state index is 0.0140. The van der Waals surface area contributed by atoms with E-state index >= 15 is 0 Å². The van der Waals surface area contributed by atoms with E-state index in [1.165, 1.54) is 6.42 Å². The number of carbonyl (C=O) groups excluding carboxylic acids is 1. The van der Waals surface area contributed by atoms with Crippen LogP contribution in [-0.2, 0) is 28.5 Å². The van der Waals surface area contributed by atoms with Crippen molar-refractivity contribution in [3.63, 3.8) is 0 Å². The van der Waals surface area contributed by atoms with Crippen LogP contribution in [0.25, 0.3) is 0 Å². The molecule has 3 aliphatic rings. The molecule has 0 amide bonds. The Bertz CT molecular complexity index is 925. The molecule has 0 bridgehead atoms. The Hall–Kier alpha value is -0.530. The summed E-state index contributed by atoms with van der Waals surface area (Å²) in [5.41, 5.74) is 0. The van der Waals surface area contributed by atoms with Gasteiger partial charge in [0.25, 0.3) is 0 Å². The summed E-state index contributed by atoms with van der Waals surface area (Å²) in [5, 5.41) is 0. The second-order valence-corrected chi connectivity index (χ2v) is 17.4. The zero-order valence-corrected chi connectivity index (χ0v) is 34.2. The number of ketones is 1. The van der Waals surface area contributed by atoms with E-state index in [0.29, 0.717) is 78.2 Å². The van der Waals surface area contributed by atoms with Crippen LogP contribution in [0, 0.1) is 65.1 Å². The van der Waals surface area contributed by atoms with Crippen LogP contribution in [0.3, 0.4) is 0 Å². The maximum absolute atomic E-state index is 13.6. The molecule has 2 saturated heterocycles. The summed E-state index contributed by atoms with van der Waals surface area (Å²) in [4.78, 5) is 13.6. The van der Waals surface area contributed by atoms with Crippen molar-refractivity contribution in [2.45, 2.75) is 191 Å². The normalized spacial score (nSPS) is 37.8. The van der Waals surface area contributed by atoms with Crippen molar-refractivity contribution in [1.82, 2.24) is 0 Å². The van der Waals surface area contributed by atoms with Crippen LogP contribution in [0.15, 0.2) is 0 Å². The van der Waals surface area contributed by atoms with Gasteiger partial charge in [0.1, 0.15) is 5.78 Å². The number of carbonyl (C=O) groups is 1. The third kappa shape index (κ3) is 11.2. The number of Topliss-reactive ketones (excluding diaryl/α,β-unsaturated/α-hetero) is 1. The minimum atomic E-state index is -0.244. The predicted octanol–water partition coefficient (Wildman–Crippen LogP) is 10.7. The van der Waals surface area contributed by atoms with Gasteiger partial charge < -0.3 is 23.7 Å². The fourth-order valence-electron chi connectivity index (χ4n) is 9.88. The van der Waals surface area contributed by atoms with Crippen LogP contribution in [0.4, 0.5) is 0 Å². The van der Waals surface area contributed by atoms with Gasteiger partial charge in [-0.1, -0.05) is 96.4 Å². The lowest BCUT2D eigenvalue weighted by molar-refractivity contribution is -0.323. The van der Waals surface area contributed by atoms with Gasteiger partial charge in [-0.3, -0.25) is 4.79 Å².